The van der Waals surface area contributed by atoms with E-state index in [1.54, 1.807) is 0 Å². The van der Waals surface area contributed by atoms with Gasteiger partial charge in [0.2, 0.25) is 0 Å². The van der Waals surface area contributed by atoms with Crippen molar-refractivity contribution in [2.24, 2.45) is 0 Å². The molecular weight excluding hydrogens is 258 g/mol. The van der Waals surface area contributed by atoms with Crippen LogP contribution in [0, 0.1) is 0 Å². The topological polar surface area (TPSA) is 23.5 Å². The zero-order chi connectivity index (χ0) is 14.5. The molecule has 2 nitrogen and oxygen atoms in total. The molecule has 2 heteroatoms. The van der Waals surface area contributed by atoms with E-state index in [1.807, 2.05) is 24.3 Å². The molecule has 21 heavy (non-hydrogen) atoms. The number of allylic oxidation sites excluding steroid dienone is 1. The summed E-state index contributed by atoms with van der Waals surface area (Å²) < 4.78 is 0. The second-order valence-corrected chi connectivity index (χ2v) is 5.78. The lowest BCUT2D eigenvalue weighted by molar-refractivity contribution is 0.144. The molecule has 0 aromatic heterocycles. The number of rotatable bonds is 4. The smallest absolute Gasteiger partial charge is 0.0548 e. The Bertz CT molecular complexity index is 593. The summed E-state index contributed by atoms with van der Waals surface area (Å²) in [6.45, 7) is 1.90. The van der Waals surface area contributed by atoms with Gasteiger partial charge in [-0.3, -0.25) is 0 Å². The molecule has 0 amide bonds. The number of hydrogen-bond acceptors (Lipinski definition) is 2. The van der Waals surface area contributed by atoms with Crippen LogP contribution in [0.25, 0.3) is 0 Å². The maximum absolute atomic E-state index is 10.0. The molecule has 3 rings (SSSR count). The van der Waals surface area contributed by atoms with Crippen LogP contribution in [0.2, 0.25) is 0 Å². The summed E-state index contributed by atoms with van der Waals surface area (Å²) in [6.07, 6.45) is 5.22. The van der Waals surface area contributed by atoms with E-state index in [4.69, 9.17) is 0 Å². The fourth-order valence-electron chi connectivity index (χ4n) is 3.07. The second kappa shape index (κ2) is 6.15. The number of aliphatic hydroxyl groups is 1. The lowest BCUT2D eigenvalue weighted by Crippen LogP contribution is -2.43. The van der Waals surface area contributed by atoms with Crippen molar-refractivity contribution in [1.29, 1.82) is 0 Å². The van der Waals surface area contributed by atoms with Crippen LogP contribution in [0.5, 0.6) is 0 Å². The maximum atomic E-state index is 10.0. The molecule has 1 aliphatic heterocycles. The monoisotopic (exact) mass is 279 g/mol. The molecule has 1 N–H and O–H groups in total. The van der Waals surface area contributed by atoms with Crippen molar-refractivity contribution in [3.8, 4) is 0 Å². The van der Waals surface area contributed by atoms with Gasteiger partial charge in [-0.05, 0) is 23.7 Å². The van der Waals surface area contributed by atoms with Gasteiger partial charge in [0.25, 0.3) is 0 Å². The van der Waals surface area contributed by atoms with E-state index in [2.05, 4.69) is 53.6 Å². The third-order valence-corrected chi connectivity index (χ3v) is 4.25. The summed E-state index contributed by atoms with van der Waals surface area (Å²) in [7, 11) is 0. The summed E-state index contributed by atoms with van der Waals surface area (Å²) in [5, 5.41) is 10.0. The Balaban J connectivity index is 1.81. The zero-order valence-corrected chi connectivity index (χ0v) is 12.2. The fourth-order valence-corrected chi connectivity index (χ4v) is 3.07. The third-order valence-electron chi connectivity index (χ3n) is 4.25. The standard InChI is InChI=1S/C19H21NO/c21-16-19(18-10-5-2-6-11-18)12-7-13-20(15-19)14-17-8-3-1-4-9-17/h1-11,13,21H,12,14-16H2. The predicted molar refractivity (Wildman–Crippen MR) is 85.8 cm³/mol. The van der Waals surface area contributed by atoms with Crippen LogP contribution in [-0.4, -0.2) is 23.2 Å². The van der Waals surface area contributed by atoms with Crippen LogP contribution >= 0.6 is 0 Å². The normalized spacial score (nSPS) is 21.5. The molecule has 0 spiro atoms. The van der Waals surface area contributed by atoms with Gasteiger partial charge in [0.05, 0.1) is 6.61 Å². The van der Waals surface area contributed by atoms with Gasteiger partial charge in [0.15, 0.2) is 0 Å². The summed E-state index contributed by atoms with van der Waals surface area (Å²) >= 11 is 0. The van der Waals surface area contributed by atoms with Crippen molar-refractivity contribution in [3.63, 3.8) is 0 Å². The fraction of sp³-hybridized carbons (Fsp3) is 0.263. The van der Waals surface area contributed by atoms with E-state index >= 15 is 0 Å². The lowest BCUT2D eigenvalue weighted by atomic mass is 9.76. The minimum absolute atomic E-state index is 0.173. The van der Waals surface area contributed by atoms with Crippen LogP contribution in [0.1, 0.15) is 17.5 Å². The van der Waals surface area contributed by atoms with Gasteiger partial charge in [0, 0.05) is 18.5 Å². The van der Waals surface area contributed by atoms with E-state index < -0.39 is 0 Å². The highest BCUT2D eigenvalue weighted by Crippen LogP contribution is 2.32. The van der Waals surface area contributed by atoms with Crippen molar-refractivity contribution >= 4 is 0 Å². The Kier molecular flexibility index (Phi) is 4.07. The van der Waals surface area contributed by atoms with E-state index in [1.165, 1.54) is 11.1 Å². The highest BCUT2D eigenvalue weighted by molar-refractivity contribution is 5.29. The largest absolute Gasteiger partial charge is 0.395 e. The van der Waals surface area contributed by atoms with Gasteiger partial charge >= 0.3 is 0 Å². The Morgan fingerprint density at radius 3 is 2.29 bits per heavy atom. The van der Waals surface area contributed by atoms with Crippen LogP contribution in [-0.2, 0) is 12.0 Å². The molecule has 2 aromatic carbocycles. The van der Waals surface area contributed by atoms with Crippen LogP contribution < -0.4 is 0 Å². The molecule has 0 radical (unpaired) electrons. The van der Waals surface area contributed by atoms with Crippen molar-refractivity contribution in [2.75, 3.05) is 13.2 Å². The van der Waals surface area contributed by atoms with Gasteiger partial charge in [0.1, 0.15) is 0 Å². The molecule has 0 aliphatic carbocycles. The molecule has 0 bridgehead atoms. The average molecular weight is 279 g/mol. The van der Waals surface area contributed by atoms with E-state index in [-0.39, 0.29) is 12.0 Å². The Morgan fingerprint density at radius 1 is 0.952 bits per heavy atom. The number of nitrogens with zero attached hydrogens (tertiary/aromatic N) is 1. The molecule has 0 saturated heterocycles. The second-order valence-electron chi connectivity index (χ2n) is 5.78. The van der Waals surface area contributed by atoms with E-state index in [0.717, 1.165) is 19.5 Å². The molecule has 0 fully saturated rings. The summed E-state index contributed by atoms with van der Waals surface area (Å²) in [5.41, 5.74) is 2.32. The van der Waals surface area contributed by atoms with Gasteiger partial charge < -0.3 is 10.0 Å². The molecule has 1 unspecified atom stereocenters. The predicted octanol–water partition coefficient (Wildman–Crippen LogP) is 3.34. The first kappa shape index (κ1) is 13.9. The minimum atomic E-state index is -0.190. The molecule has 0 saturated carbocycles. The lowest BCUT2D eigenvalue weighted by Gasteiger charge is -2.40. The summed E-state index contributed by atoms with van der Waals surface area (Å²) in [6, 6.07) is 20.8. The average Bonchev–Trinajstić information content (AvgIpc) is 2.57. The highest BCUT2D eigenvalue weighted by Gasteiger charge is 2.34. The van der Waals surface area contributed by atoms with Gasteiger partial charge in [-0.25, -0.2) is 0 Å². The number of hydrogen-bond donors (Lipinski definition) is 1. The van der Waals surface area contributed by atoms with Gasteiger partial charge in [-0.2, -0.15) is 0 Å². The highest BCUT2D eigenvalue weighted by atomic mass is 16.3. The number of aliphatic hydroxyl groups excluding tert-OH is 1. The van der Waals surface area contributed by atoms with Crippen LogP contribution in [0.4, 0.5) is 0 Å². The van der Waals surface area contributed by atoms with E-state index in [9.17, 15) is 5.11 Å². The van der Waals surface area contributed by atoms with Gasteiger partial charge in [-0.1, -0.05) is 66.7 Å². The van der Waals surface area contributed by atoms with Gasteiger partial charge in [-0.15, -0.1) is 0 Å². The summed E-state index contributed by atoms with van der Waals surface area (Å²) in [5.74, 6) is 0. The molecule has 1 aliphatic rings. The minimum Gasteiger partial charge on any atom is -0.395 e. The third kappa shape index (κ3) is 3.01. The molecule has 108 valence electrons. The Morgan fingerprint density at radius 2 is 1.62 bits per heavy atom. The Labute approximate surface area is 126 Å². The Hall–Kier alpha value is -2.06. The van der Waals surface area contributed by atoms with Crippen LogP contribution in [0.3, 0.4) is 0 Å². The quantitative estimate of drug-likeness (QED) is 0.928. The van der Waals surface area contributed by atoms with Crippen molar-refractivity contribution < 1.29 is 5.11 Å². The van der Waals surface area contributed by atoms with E-state index in [0.29, 0.717) is 0 Å². The van der Waals surface area contributed by atoms with Crippen molar-refractivity contribution in [3.05, 3.63) is 84.1 Å². The molecule has 2 aromatic rings. The maximum Gasteiger partial charge on any atom is 0.0548 e. The van der Waals surface area contributed by atoms with Crippen molar-refractivity contribution in [1.82, 2.24) is 4.90 Å². The first-order valence-corrected chi connectivity index (χ1v) is 7.43. The molecular formula is C19H21NO. The zero-order valence-electron chi connectivity index (χ0n) is 12.2. The van der Waals surface area contributed by atoms with Crippen molar-refractivity contribution in [2.45, 2.75) is 18.4 Å². The number of benzene rings is 2. The molecule has 1 atom stereocenters. The first-order chi connectivity index (χ1) is 10.3. The summed E-state index contributed by atoms with van der Waals surface area (Å²) in [4.78, 5) is 2.29. The van der Waals surface area contributed by atoms with Crippen LogP contribution in [0.15, 0.2) is 72.9 Å². The molecule has 1 heterocycles. The first-order valence-electron chi connectivity index (χ1n) is 7.43. The SMILES string of the molecule is OCC1(c2ccccc2)CC=CN(Cc2ccccc2)C1.